The fraction of sp³-hybridized carbons (Fsp3) is 0.500. The van der Waals surface area contributed by atoms with E-state index >= 15 is 0 Å². The van der Waals surface area contributed by atoms with Gasteiger partial charge in [-0.25, -0.2) is 4.79 Å². The predicted molar refractivity (Wildman–Crippen MR) is 70.6 cm³/mol. The van der Waals surface area contributed by atoms with Gasteiger partial charge in [-0.15, -0.1) is 0 Å². The van der Waals surface area contributed by atoms with Crippen LogP contribution in [-0.4, -0.2) is 32.5 Å². The van der Waals surface area contributed by atoms with Crippen LogP contribution in [0.2, 0.25) is 0 Å². The Labute approximate surface area is 112 Å². The molecule has 1 aliphatic heterocycles. The first-order valence-electron chi connectivity index (χ1n) is 6.58. The van der Waals surface area contributed by atoms with Gasteiger partial charge in [-0.1, -0.05) is 6.92 Å². The first kappa shape index (κ1) is 13.7. The van der Waals surface area contributed by atoms with Crippen LogP contribution in [0.1, 0.15) is 30.1 Å². The van der Waals surface area contributed by atoms with Crippen molar-refractivity contribution in [1.82, 2.24) is 5.32 Å². The standard InChI is InChI=1S/C14H19NO4/c1-2-6-15-7-3-8-17-14(16)11-4-5-12-13(9-11)19-10-18-12/h4-5,9,15H,2-3,6-8,10H2,1H3. The molecule has 0 saturated heterocycles. The van der Waals surface area contributed by atoms with Gasteiger partial charge in [0.2, 0.25) is 6.79 Å². The van der Waals surface area contributed by atoms with Crippen molar-refractivity contribution in [2.24, 2.45) is 0 Å². The molecule has 0 bridgehead atoms. The highest BCUT2D eigenvalue weighted by molar-refractivity contribution is 5.90. The average Bonchev–Trinajstić information content (AvgIpc) is 2.89. The normalized spacial score (nSPS) is 12.5. The zero-order chi connectivity index (χ0) is 13.5. The van der Waals surface area contributed by atoms with Crippen molar-refractivity contribution in [3.63, 3.8) is 0 Å². The summed E-state index contributed by atoms with van der Waals surface area (Å²) in [4.78, 5) is 11.8. The Balaban J connectivity index is 1.74. The summed E-state index contributed by atoms with van der Waals surface area (Å²) in [5.41, 5.74) is 0.491. The summed E-state index contributed by atoms with van der Waals surface area (Å²) in [6.45, 7) is 4.60. The first-order valence-corrected chi connectivity index (χ1v) is 6.58. The summed E-state index contributed by atoms with van der Waals surface area (Å²) in [6.07, 6.45) is 1.92. The molecule has 0 saturated carbocycles. The summed E-state index contributed by atoms with van der Waals surface area (Å²) < 4.78 is 15.6. The Morgan fingerprint density at radius 2 is 2.16 bits per heavy atom. The van der Waals surface area contributed by atoms with Gasteiger partial charge in [-0.3, -0.25) is 0 Å². The minimum atomic E-state index is -0.325. The summed E-state index contributed by atoms with van der Waals surface area (Å²) >= 11 is 0. The molecule has 0 amide bonds. The summed E-state index contributed by atoms with van der Waals surface area (Å²) in [6, 6.07) is 5.06. The van der Waals surface area contributed by atoms with Gasteiger partial charge in [-0.05, 0) is 44.1 Å². The van der Waals surface area contributed by atoms with Crippen LogP contribution in [0.4, 0.5) is 0 Å². The number of nitrogens with one attached hydrogen (secondary N) is 1. The van der Waals surface area contributed by atoms with Crippen LogP contribution in [0, 0.1) is 0 Å². The van der Waals surface area contributed by atoms with Crippen LogP contribution in [0.5, 0.6) is 11.5 Å². The van der Waals surface area contributed by atoms with Crippen LogP contribution in [0.25, 0.3) is 0 Å². The molecule has 0 atom stereocenters. The van der Waals surface area contributed by atoms with Gasteiger partial charge in [0, 0.05) is 0 Å². The maximum atomic E-state index is 11.8. The summed E-state index contributed by atoms with van der Waals surface area (Å²) in [5.74, 6) is 0.938. The molecule has 5 heteroatoms. The van der Waals surface area contributed by atoms with Gasteiger partial charge in [0.1, 0.15) is 0 Å². The molecule has 1 N–H and O–H groups in total. The Kier molecular flexibility index (Phi) is 5.03. The lowest BCUT2D eigenvalue weighted by Crippen LogP contribution is -2.18. The molecular formula is C14H19NO4. The molecule has 0 aliphatic carbocycles. The quantitative estimate of drug-likeness (QED) is 0.603. The Morgan fingerprint density at radius 1 is 1.32 bits per heavy atom. The summed E-state index contributed by atoms with van der Waals surface area (Å²) in [7, 11) is 0. The zero-order valence-electron chi connectivity index (χ0n) is 11.1. The predicted octanol–water partition coefficient (Wildman–Crippen LogP) is 1.96. The second-order valence-electron chi connectivity index (χ2n) is 4.31. The fourth-order valence-corrected chi connectivity index (χ4v) is 1.77. The number of rotatable bonds is 7. The Morgan fingerprint density at radius 3 is 3.00 bits per heavy atom. The smallest absolute Gasteiger partial charge is 0.338 e. The number of fused-ring (bicyclic) bond motifs is 1. The molecule has 0 radical (unpaired) electrons. The maximum Gasteiger partial charge on any atom is 0.338 e. The molecule has 1 aliphatic rings. The number of ether oxygens (including phenoxy) is 3. The monoisotopic (exact) mass is 265 g/mol. The van der Waals surface area contributed by atoms with Crippen LogP contribution in [0.3, 0.4) is 0 Å². The lowest BCUT2D eigenvalue weighted by Gasteiger charge is -2.06. The van der Waals surface area contributed by atoms with Crippen molar-refractivity contribution in [3.05, 3.63) is 23.8 Å². The van der Waals surface area contributed by atoms with Gasteiger partial charge in [0.15, 0.2) is 11.5 Å². The average molecular weight is 265 g/mol. The third-order valence-corrected chi connectivity index (χ3v) is 2.77. The number of esters is 1. The number of hydrogen-bond acceptors (Lipinski definition) is 5. The third-order valence-electron chi connectivity index (χ3n) is 2.77. The molecule has 2 rings (SSSR count). The van der Waals surface area contributed by atoms with Gasteiger partial charge in [0.05, 0.1) is 12.2 Å². The second-order valence-corrected chi connectivity index (χ2v) is 4.31. The van der Waals surface area contributed by atoms with E-state index in [0.717, 1.165) is 25.9 Å². The Bertz CT molecular complexity index is 433. The molecule has 0 fully saturated rings. The van der Waals surface area contributed by atoms with Gasteiger partial charge in [0.25, 0.3) is 0 Å². The van der Waals surface area contributed by atoms with Gasteiger partial charge >= 0.3 is 5.97 Å². The highest BCUT2D eigenvalue weighted by Gasteiger charge is 2.16. The fourth-order valence-electron chi connectivity index (χ4n) is 1.77. The van der Waals surface area contributed by atoms with Crippen molar-refractivity contribution in [2.75, 3.05) is 26.5 Å². The van der Waals surface area contributed by atoms with Crippen molar-refractivity contribution in [1.29, 1.82) is 0 Å². The molecule has 1 aromatic rings. The van der Waals surface area contributed by atoms with Crippen molar-refractivity contribution < 1.29 is 19.0 Å². The van der Waals surface area contributed by atoms with Crippen LogP contribution in [-0.2, 0) is 4.74 Å². The Hall–Kier alpha value is -1.75. The number of carbonyl (C=O) groups is 1. The van der Waals surface area contributed by atoms with Crippen LogP contribution in [0.15, 0.2) is 18.2 Å². The minimum Gasteiger partial charge on any atom is -0.462 e. The van der Waals surface area contributed by atoms with E-state index in [-0.39, 0.29) is 12.8 Å². The topological polar surface area (TPSA) is 56.8 Å². The van der Waals surface area contributed by atoms with E-state index < -0.39 is 0 Å². The van der Waals surface area contributed by atoms with E-state index in [1.165, 1.54) is 0 Å². The van der Waals surface area contributed by atoms with E-state index in [9.17, 15) is 4.79 Å². The molecule has 0 unspecified atom stereocenters. The minimum absolute atomic E-state index is 0.205. The molecule has 5 nitrogen and oxygen atoms in total. The number of carbonyl (C=O) groups excluding carboxylic acids is 1. The van der Waals surface area contributed by atoms with E-state index in [0.29, 0.717) is 23.7 Å². The van der Waals surface area contributed by atoms with Crippen LogP contribution >= 0.6 is 0 Å². The van der Waals surface area contributed by atoms with E-state index in [1.807, 2.05) is 0 Å². The van der Waals surface area contributed by atoms with Crippen LogP contribution < -0.4 is 14.8 Å². The van der Waals surface area contributed by atoms with Crippen molar-refractivity contribution >= 4 is 5.97 Å². The molecular weight excluding hydrogens is 246 g/mol. The van der Waals surface area contributed by atoms with Crippen molar-refractivity contribution in [2.45, 2.75) is 19.8 Å². The third kappa shape index (κ3) is 3.86. The lowest BCUT2D eigenvalue weighted by molar-refractivity contribution is 0.0500. The molecule has 19 heavy (non-hydrogen) atoms. The molecule has 0 aromatic heterocycles. The lowest BCUT2D eigenvalue weighted by atomic mass is 10.2. The summed E-state index contributed by atoms with van der Waals surface area (Å²) in [5, 5.41) is 3.25. The molecule has 1 heterocycles. The molecule has 104 valence electrons. The van der Waals surface area contributed by atoms with Gasteiger partial charge in [-0.2, -0.15) is 0 Å². The maximum absolute atomic E-state index is 11.8. The molecule has 0 spiro atoms. The van der Waals surface area contributed by atoms with E-state index in [4.69, 9.17) is 14.2 Å². The number of benzene rings is 1. The highest BCUT2D eigenvalue weighted by atomic mass is 16.7. The second kappa shape index (κ2) is 6.99. The van der Waals surface area contributed by atoms with E-state index in [1.54, 1.807) is 18.2 Å². The number of hydrogen-bond donors (Lipinski definition) is 1. The van der Waals surface area contributed by atoms with E-state index in [2.05, 4.69) is 12.2 Å². The highest BCUT2D eigenvalue weighted by Crippen LogP contribution is 2.32. The van der Waals surface area contributed by atoms with Crippen molar-refractivity contribution in [3.8, 4) is 11.5 Å². The SMILES string of the molecule is CCCNCCCOC(=O)c1ccc2c(c1)OCO2. The zero-order valence-corrected chi connectivity index (χ0v) is 11.1. The largest absolute Gasteiger partial charge is 0.462 e. The molecule has 1 aromatic carbocycles. The first-order chi connectivity index (χ1) is 9.31. The van der Waals surface area contributed by atoms with Gasteiger partial charge < -0.3 is 19.5 Å².